The van der Waals surface area contributed by atoms with Crippen LogP contribution in [0.5, 0.6) is 0 Å². The molecule has 1 heterocycles. The largest absolute Gasteiger partial charge is 0.342 e. The molecule has 1 aromatic carbocycles. The Morgan fingerprint density at radius 1 is 1.28 bits per heavy atom. The summed E-state index contributed by atoms with van der Waals surface area (Å²) in [6, 6.07) is 6.46. The van der Waals surface area contributed by atoms with Gasteiger partial charge in [-0.1, -0.05) is 19.1 Å². The molecule has 0 aliphatic rings. The average Bonchev–Trinajstić information content (AvgIpc) is 2.84. The molecule has 0 fully saturated rings. The van der Waals surface area contributed by atoms with Gasteiger partial charge in [0.15, 0.2) is 0 Å². The number of aromatic amines is 1. The van der Waals surface area contributed by atoms with Gasteiger partial charge in [0, 0.05) is 12.5 Å². The van der Waals surface area contributed by atoms with Gasteiger partial charge in [-0.2, -0.15) is 0 Å². The molecule has 0 saturated heterocycles. The van der Waals surface area contributed by atoms with Gasteiger partial charge in [-0.25, -0.2) is 4.98 Å². The zero-order valence-corrected chi connectivity index (χ0v) is 11.3. The van der Waals surface area contributed by atoms with Crippen molar-refractivity contribution in [3.63, 3.8) is 0 Å². The number of nitrogens with one attached hydrogen (secondary N) is 1. The van der Waals surface area contributed by atoms with E-state index in [9.17, 15) is 0 Å². The molecule has 0 saturated carbocycles. The first-order valence-electron chi connectivity index (χ1n) is 6.48. The molecule has 2 rings (SSSR count). The van der Waals surface area contributed by atoms with E-state index in [1.165, 1.54) is 16.7 Å². The number of hydrogen-bond donors (Lipinski definition) is 2. The van der Waals surface area contributed by atoms with E-state index in [2.05, 4.69) is 48.9 Å². The number of benzene rings is 1. The number of nitrogens with zero attached hydrogens (tertiary/aromatic N) is 1. The SMILES string of the molecule is CCC(CN)c1ncc(-c2ccc(C)c(C)c2)[nH]1. The minimum absolute atomic E-state index is 0.324. The van der Waals surface area contributed by atoms with E-state index in [4.69, 9.17) is 5.73 Å². The van der Waals surface area contributed by atoms with Crippen LogP contribution in [0.3, 0.4) is 0 Å². The average molecular weight is 243 g/mol. The van der Waals surface area contributed by atoms with Crippen molar-refractivity contribution in [2.24, 2.45) is 5.73 Å². The van der Waals surface area contributed by atoms with E-state index in [0.29, 0.717) is 12.5 Å². The normalized spacial score (nSPS) is 12.7. The maximum absolute atomic E-state index is 5.75. The van der Waals surface area contributed by atoms with E-state index in [1.54, 1.807) is 0 Å². The Labute approximate surface area is 108 Å². The van der Waals surface area contributed by atoms with Crippen LogP contribution in [0.2, 0.25) is 0 Å². The highest BCUT2D eigenvalue weighted by molar-refractivity contribution is 5.60. The first kappa shape index (κ1) is 12.8. The molecule has 0 spiro atoms. The summed E-state index contributed by atoms with van der Waals surface area (Å²) in [7, 11) is 0. The Kier molecular flexibility index (Phi) is 3.82. The lowest BCUT2D eigenvalue weighted by molar-refractivity contribution is 0.639. The molecule has 3 heteroatoms. The van der Waals surface area contributed by atoms with E-state index < -0.39 is 0 Å². The molecular weight excluding hydrogens is 222 g/mol. The van der Waals surface area contributed by atoms with Gasteiger partial charge in [0.25, 0.3) is 0 Å². The van der Waals surface area contributed by atoms with Crippen LogP contribution in [0.4, 0.5) is 0 Å². The van der Waals surface area contributed by atoms with Crippen molar-refractivity contribution < 1.29 is 0 Å². The van der Waals surface area contributed by atoms with Gasteiger partial charge in [0.05, 0.1) is 11.9 Å². The molecule has 1 atom stereocenters. The Bertz CT molecular complexity index is 524. The van der Waals surface area contributed by atoms with Crippen molar-refractivity contribution in [3.05, 3.63) is 41.3 Å². The Balaban J connectivity index is 2.31. The van der Waals surface area contributed by atoms with Gasteiger partial charge in [-0.15, -0.1) is 0 Å². The smallest absolute Gasteiger partial charge is 0.110 e. The third-order valence-electron chi connectivity index (χ3n) is 3.58. The third kappa shape index (κ3) is 2.46. The topological polar surface area (TPSA) is 54.7 Å². The van der Waals surface area contributed by atoms with E-state index in [1.807, 2.05) is 6.20 Å². The maximum Gasteiger partial charge on any atom is 0.110 e. The quantitative estimate of drug-likeness (QED) is 0.866. The Morgan fingerprint density at radius 2 is 2.06 bits per heavy atom. The summed E-state index contributed by atoms with van der Waals surface area (Å²) in [6.07, 6.45) is 2.91. The van der Waals surface area contributed by atoms with Crippen LogP contribution in [0.1, 0.15) is 36.2 Å². The van der Waals surface area contributed by atoms with Crippen LogP contribution in [-0.4, -0.2) is 16.5 Å². The van der Waals surface area contributed by atoms with Crippen LogP contribution in [0, 0.1) is 13.8 Å². The standard InChI is InChI=1S/C15H21N3/c1-4-12(8-16)15-17-9-14(18-15)13-6-5-10(2)11(3)7-13/h5-7,9,12H,4,8,16H2,1-3H3,(H,17,18). The summed E-state index contributed by atoms with van der Waals surface area (Å²) in [6.45, 7) is 7.02. The zero-order valence-electron chi connectivity index (χ0n) is 11.3. The van der Waals surface area contributed by atoms with Gasteiger partial charge in [0.2, 0.25) is 0 Å². The fraction of sp³-hybridized carbons (Fsp3) is 0.400. The first-order valence-corrected chi connectivity index (χ1v) is 6.48. The molecule has 1 aromatic heterocycles. The molecule has 18 heavy (non-hydrogen) atoms. The van der Waals surface area contributed by atoms with Crippen LogP contribution < -0.4 is 5.73 Å². The molecule has 96 valence electrons. The predicted octanol–water partition coefficient (Wildman–Crippen LogP) is 3.15. The van der Waals surface area contributed by atoms with E-state index >= 15 is 0 Å². The molecule has 0 bridgehead atoms. The summed E-state index contributed by atoms with van der Waals surface area (Å²) in [4.78, 5) is 7.84. The van der Waals surface area contributed by atoms with Gasteiger partial charge in [0.1, 0.15) is 5.82 Å². The number of aryl methyl sites for hydroxylation is 2. The summed E-state index contributed by atoms with van der Waals surface area (Å²) in [5.74, 6) is 1.32. The minimum atomic E-state index is 0.324. The number of rotatable bonds is 4. The highest BCUT2D eigenvalue weighted by Gasteiger charge is 2.12. The molecule has 3 nitrogen and oxygen atoms in total. The Morgan fingerprint density at radius 3 is 2.67 bits per heavy atom. The van der Waals surface area contributed by atoms with E-state index in [0.717, 1.165) is 17.9 Å². The highest BCUT2D eigenvalue weighted by Crippen LogP contribution is 2.23. The zero-order chi connectivity index (χ0) is 13.1. The van der Waals surface area contributed by atoms with Crippen molar-refractivity contribution in [2.45, 2.75) is 33.1 Å². The predicted molar refractivity (Wildman–Crippen MR) is 75.6 cm³/mol. The molecule has 0 aliphatic carbocycles. The van der Waals surface area contributed by atoms with Crippen LogP contribution in [-0.2, 0) is 0 Å². The second-order valence-corrected chi connectivity index (χ2v) is 4.82. The summed E-state index contributed by atoms with van der Waals surface area (Å²) < 4.78 is 0. The molecule has 0 aliphatic heterocycles. The molecule has 1 unspecified atom stereocenters. The molecule has 3 N–H and O–H groups in total. The maximum atomic E-state index is 5.75. The van der Waals surface area contributed by atoms with Crippen LogP contribution in [0.25, 0.3) is 11.3 Å². The number of imidazole rings is 1. The minimum Gasteiger partial charge on any atom is -0.342 e. The molecule has 0 radical (unpaired) electrons. The van der Waals surface area contributed by atoms with Crippen molar-refractivity contribution in [1.82, 2.24) is 9.97 Å². The van der Waals surface area contributed by atoms with Crippen molar-refractivity contribution >= 4 is 0 Å². The summed E-state index contributed by atoms with van der Waals surface area (Å²) in [5.41, 5.74) is 10.6. The van der Waals surface area contributed by atoms with Crippen molar-refractivity contribution in [3.8, 4) is 11.3 Å². The monoisotopic (exact) mass is 243 g/mol. The fourth-order valence-corrected chi connectivity index (χ4v) is 2.07. The van der Waals surface area contributed by atoms with Crippen LogP contribution in [0.15, 0.2) is 24.4 Å². The second-order valence-electron chi connectivity index (χ2n) is 4.82. The summed E-state index contributed by atoms with van der Waals surface area (Å²) in [5, 5.41) is 0. The molecule has 0 amide bonds. The molecule has 2 aromatic rings. The van der Waals surface area contributed by atoms with Crippen molar-refractivity contribution in [2.75, 3.05) is 6.54 Å². The second kappa shape index (κ2) is 5.36. The lowest BCUT2D eigenvalue weighted by Gasteiger charge is -2.08. The number of nitrogens with two attached hydrogens (primary N) is 1. The van der Waals surface area contributed by atoms with Crippen LogP contribution >= 0.6 is 0 Å². The lowest BCUT2D eigenvalue weighted by Crippen LogP contribution is -2.12. The Hall–Kier alpha value is -1.61. The fourth-order valence-electron chi connectivity index (χ4n) is 2.07. The lowest BCUT2D eigenvalue weighted by atomic mass is 10.0. The van der Waals surface area contributed by atoms with Gasteiger partial charge in [-0.05, 0) is 43.0 Å². The summed E-state index contributed by atoms with van der Waals surface area (Å²) >= 11 is 0. The first-order chi connectivity index (χ1) is 8.65. The molecular formula is C15H21N3. The van der Waals surface area contributed by atoms with Gasteiger partial charge in [-0.3, -0.25) is 0 Å². The highest BCUT2D eigenvalue weighted by atomic mass is 14.9. The number of hydrogen-bond acceptors (Lipinski definition) is 2. The third-order valence-corrected chi connectivity index (χ3v) is 3.58. The van der Waals surface area contributed by atoms with Gasteiger partial charge >= 0.3 is 0 Å². The van der Waals surface area contributed by atoms with Gasteiger partial charge < -0.3 is 10.7 Å². The van der Waals surface area contributed by atoms with Crippen molar-refractivity contribution in [1.29, 1.82) is 0 Å². The number of aromatic nitrogens is 2. The number of H-pyrrole nitrogens is 1. The van der Waals surface area contributed by atoms with E-state index in [-0.39, 0.29) is 0 Å².